The highest BCUT2D eigenvalue weighted by atomic mass is 127. The van der Waals surface area contributed by atoms with Gasteiger partial charge in [-0.2, -0.15) is 0 Å². The van der Waals surface area contributed by atoms with E-state index in [0.717, 1.165) is 29.8 Å². The van der Waals surface area contributed by atoms with Crippen LogP contribution in [0.2, 0.25) is 0 Å². The molecule has 1 saturated carbocycles. The molecule has 6 heteroatoms. The van der Waals surface area contributed by atoms with Gasteiger partial charge in [0.05, 0.1) is 13.7 Å². The monoisotopic (exact) mass is 441 g/mol. The minimum Gasteiger partial charge on any atom is -0.497 e. The molecule has 1 aliphatic rings. The summed E-state index contributed by atoms with van der Waals surface area (Å²) in [6.07, 6.45) is 2.01. The van der Waals surface area contributed by atoms with Gasteiger partial charge >= 0.3 is 0 Å². The first-order chi connectivity index (χ1) is 11.1. The number of hydrogen-bond acceptors (Lipinski definition) is 2. The van der Waals surface area contributed by atoms with Gasteiger partial charge < -0.3 is 15.8 Å². The van der Waals surface area contributed by atoms with Crippen LogP contribution in [0.15, 0.2) is 53.5 Å². The van der Waals surface area contributed by atoms with Crippen molar-refractivity contribution in [3.8, 4) is 5.75 Å². The molecule has 0 aliphatic heterocycles. The third-order valence-corrected chi connectivity index (χ3v) is 4.18. The quantitative estimate of drug-likeness (QED) is 0.420. The zero-order valence-corrected chi connectivity index (χ0v) is 15.8. The fourth-order valence-corrected chi connectivity index (χ4v) is 2.63. The molecule has 0 unspecified atom stereocenters. The Morgan fingerprint density at radius 3 is 2.67 bits per heavy atom. The van der Waals surface area contributed by atoms with E-state index in [2.05, 4.69) is 10.3 Å². The van der Waals surface area contributed by atoms with Crippen LogP contribution in [-0.4, -0.2) is 19.6 Å². The molecule has 0 heterocycles. The standard InChI is InChI=1S/C18H20FN3O.HI/c1-23-16-7-3-6-15(11-16)22-17(20)21-12-18(8-9-18)13-4-2-5-14(19)10-13;/h2-7,10-11H,8-9,12H2,1H3,(H3,20,21,22);1H. The number of halogens is 2. The topological polar surface area (TPSA) is 59.6 Å². The molecule has 0 atom stereocenters. The van der Waals surface area contributed by atoms with Crippen LogP contribution in [0, 0.1) is 5.82 Å². The molecule has 0 radical (unpaired) electrons. The lowest BCUT2D eigenvalue weighted by molar-refractivity contribution is 0.415. The van der Waals surface area contributed by atoms with Crippen molar-refractivity contribution in [2.45, 2.75) is 18.3 Å². The van der Waals surface area contributed by atoms with Gasteiger partial charge in [-0.15, -0.1) is 24.0 Å². The predicted molar refractivity (Wildman–Crippen MR) is 106 cm³/mol. The molecule has 2 aromatic carbocycles. The Hall–Kier alpha value is -1.83. The molecular formula is C18H21FIN3O. The maximum atomic E-state index is 13.4. The largest absolute Gasteiger partial charge is 0.497 e. The summed E-state index contributed by atoms with van der Waals surface area (Å²) in [6, 6.07) is 14.2. The van der Waals surface area contributed by atoms with Gasteiger partial charge in [-0.05, 0) is 42.7 Å². The van der Waals surface area contributed by atoms with Crippen LogP contribution in [0.3, 0.4) is 0 Å². The van der Waals surface area contributed by atoms with Crippen molar-refractivity contribution in [1.29, 1.82) is 0 Å². The molecule has 3 N–H and O–H groups in total. The number of nitrogens with one attached hydrogen (secondary N) is 1. The van der Waals surface area contributed by atoms with Crippen LogP contribution in [0.5, 0.6) is 5.75 Å². The van der Waals surface area contributed by atoms with Crippen molar-refractivity contribution >= 4 is 35.6 Å². The average molecular weight is 441 g/mol. The van der Waals surface area contributed by atoms with E-state index in [4.69, 9.17) is 10.5 Å². The lowest BCUT2D eigenvalue weighted by atomic mass is 9.96. The van der Waals surface area contributed by atoms with Gasteiger partial charge in [0.2, 0.25) is 0 Å². The summed E-state index contributed by atoms with van der Waals surface area (Å²) in [7, 11) is 1.62. The van der Waals surface area contributed by atoms with Gasteiger partial charge in [-0.25, -0.2) is 4.39 Å². The van der Waals surface area contributed by atoms with E-state index in [1.54, 1.807) is 19.2 Å². The van der Waals surface area contributed by atoms with Crippen molar-refractivity contribution in [3.05, 3.63) is 59.9 Å². The molecule has 0 bridgehead atoms. The smallest absolute Gasteiger partial charge is 0.193 e. The van der Waals surface area contributed by atoms with E-state index in [1.165, 1.54) is 6.07 Å². The lowest BCUT2D eigenvalue weighted by Gasteiger charge is -2.14. The number of aliphatic imine (C=N–C) groups is 1. The predicted octanol–water partition coefficient (Wildman–Crippen LogP) is 3.91. The SMILES string of the molecule is COc1cccc(NC(N)=NCC2(c3cccc(F)c3)CC2)c1.I. The molecule has 0 aromatic heterocycles. The molecule has 4 nitrogen and oxygen atoms in total. The second-order valence-corrected chi connectivity index (χ2v) is 5.85. The number of nitrogens with two attached hydrogens (primary N) is 1. The maximum absolute atomic E-state index is 13.4. The van der Waals surface area contributed by atoms with Crippen molar-refractivity contribution in [2.75, 3.05) is 19.0 Å². The Balaban J connectivity index is 0.00000208. The first-order valence-corrected chi connectivity index (χ1v) is 7.58. The highest BCUT2D eigenvalue weighted by Crippen LogP contribution is 2.48. The van der Waals surface area contributed by atoms with Gasteiger partial charge in [0, 0.05) is 17.2 Å². The van der Waals surface area contributed by atoms with Crippen LogP contribution in [0.1, 0.15) is 18.4 Å². The van der Waals surface area contributed by atoms with Crippen molar-refractivity contribution in [2.24, 2.45) is 10.7 Å². The number of ether oxygens (including phenoxy) is 1. The number of benzene rings is 2. The molecule has 0 amide bonds. The Kier molecular flexibility index (Phi) is 6.04. The van der Waals surface area contributed by atoms with Crippen molar-refractivity contribution < 1.29 is 9.13 Å². The molecule has 2 aromatic rings. The van der Waals surface area contributed by atoms with Crippen LogP contribution in [0.25, 0.3) is 0 Å². The molecule has 0 saturated heterocycles. The second-order valence-electron chi connectivity index (χ2n) is 5.85. The summed E-state index contributed by atoms with van der Waals surface area (Å²) in [5, 5.41) is 3.05. The Labute approximate surface area is 158 Å². The third-order valence-electron chi connectivity index (χ3n) is 4.18. The summed E-state index contributed by atoms with van der Waals surface area (Å²) < 4.78 is 18.6. The van der Waals surface area contributed by atoms with Crippen LogP contribution in [0.4, 0.5) is 10.1 Å². The van der Waals surface area contributed by atoms with Gasteiger partial charge in [0.15, 0.2) is 5.96 Å². The molecule has 3 rings (SSSR count). The maximum Gasteiger partial charge on any atom is 0.193 e. The summed E-state index contributed by atoms with van der Waals surface area (Å²) in [6.45, 7) is 0.555. The fourth-order valence-electron chi connectivity index (χ4n) is 2.63. The van der Waals surface area contributed by atoms with E-state index in [9.17, 15) is 4.39 Å². The average Bonchev–Trinajstić information content (AvgIpc) is 3.34. The first kappa shape index (κ1) is 18.5. The Bertz CT molecular complexity index is 732. The number of anilines is 1. The van der Waals surface area contributed by atoms with Gasteiger partial charge in [-0.3, -0.25) is 4.99 Å². The Morgan fingerprint density at radius 2 is 2.00 bits per heavy atom. The van der Waals surface area contributed by atoms with E-state index >= 15 is 0 Å². The summed E-state index contributed by atoms with van der Waals surface area (Å²) in [5.74, 6) is 0.891. The number of guanidine groups is 1. The zero-order chi connectivity index (χ0) is 16.3. The van der Waals surface area contributed by atoms with Crippen LogP contribution in [-0.2, 0) is 5.41 Å². The molecule has 128 valence electrons. The summed E-state index contributed by atoms with van der Waals surface area (Å²) in [5.41, 5.74) is 7.71. The lowest BCUT2D eigenvalue weighted by Crippen LogP contribution is -2.25. The summed E-state index contributed by atoms with van der Waals surface area (Å²) in [4.78, 5) is 4.44. The number of hydrogen-bond donors (Lipinski definition) is 2. The van der Waals surface area contributed by atoms with Crippen LogP contribution >= 0.6 is 24.0 Å². The number of rotatable bonds is 5. The summed E-state index contributed by atoms with van der Waals surface area (Å²) >= 11 is 0. The molecule has 0 spiro atoms. The molecule has 24 heavy (non-hydrogen) atoms. The third kappa shape index (κ3) is 4.37. The van der Waals surface area contributed by atoms with Gasteiger partial charge in [0.25, 0.3) is 0 Å². The minimum atomic E-state index is -0.208. The van der Waals surface area contributed by atoms with E-state index in [1.807, 2.05) is 30.3 Å². The fraction of sp³-hybridized carbons (Fsp3) is 0.278. The normalized spacial score (nSPS) is 15.3. The first-order valence-electron chi connectivity index (χ1n) is 7.58. The van der Waals surface area contributed by atoms with E-state index < -0.39 is 0 Å². The highest BCUT2D eigenvalue weighted by Gasteiger charge is 2.44. The number of methoxy groups -OCH3 is 1. The minimum absolute atomic E-state index is 0. The van der Waals surface area contributed by atoms with Gasteiger partial charge in [-0.1, -0.05) is 18.2 Å². The van der Waals surface area contributed by atoms with E-state index in [0.29, 0.717) is 12.5 Å². The highest BCUT2D eigenvalue weighted by molar-refractivity contribution is 14.0. The molecular weight excluding hydrogens is 420 g/mol. The molecule has 1 aliphatic carbocycles. The van der Waals surface area contributed by atoms with Gasteiger partial charge in [0.1, 0.15) is 11.6 Å². The van der Waals surface area contributed by atoms with Crippen molar-refractivity contribution in [1.82, 2.24) is 0 Å². The van der Waals surface area contributed by atoms with E-state index in [-0.39, 0.29) is 35.2 Å². The Morgan fingerprint density at radius 1 is 1.25 bits per heavy atom. The number of nitrogens with zero attached hydrogens (tertiary/aromatic N) is 1. The molecule has 1 fully saturated rings. The second kappa shape index (κ2) is 7.83. The van der Waals surface area contributed by atoms with Crippen LogP contribution < -0.4 is 15.8 Å². The van der Waals surface area contributed by atoms with Crippen molar-refractivity contribution in [3.63, 3.8) is 0 Å². The zero-order valence-electron chi connectivity index (χ0n) is 13.5.